The summed E-state index contributed by atoms with van der Waals surface area (Å²) in [5, 5.41) is 2.78. The summed E-state index contributed by atoms with van der Waals surface area (Å²) in [6.07, 6.45) is 0.508. The normalized spacial score (nSPS) is 26.5. The molecule has 0 aromatic carbocycles. The predicted octanol–water partition coefficient (Wildman–Crippen LogP) is -1.35. The first-order valence-electron chi connectivity index (χ1n) is 4.17. The molecule has 0 aromatic rings. The van der Waals surface area contributed by atoms with Crippen molar-refractivity contribution in [2.24, 2.45) is 0 Å². The fourth-order valence-electron chi connectivity index (χ4n) is 1.35. The van der Waals surface area contributed by atoms with Crippen molar-refractivity contribution in [1.82, 2.24) is 5.32 Å². The molecule has 8 heteroatoms. The van der Waals surface area contributed by atoms with E-state index in [2.05, 4.69) is 5.32 Å². The number of rotatable bonds is 4. The summed E-state index contributed by atoms with van der Waals surface area (Å²) in [5.74, 6) is -0.182. The summed E-state index contributed by atoms with van der Waals surface area (Å²) in [5.41, 5.74) is 0. The van der Waals surface area contributed by atoms with Gasteiger partial charge in [0, 0.05) is 12.6 Å². The second-order valence-corrected chi connectivity index (χ2v) is 7.14. The first kappa shape index (κ1) is 11.9. The van der Waals surface area contributed by atoms with E-state index in [1.54, 1.807) is 0 Å². The Morgan fingerprint density at radius 3 is 2.50 bits per heavy atom. The molecule has 1 saturated heterocycles. The Morgan fingerprint density at radius 1 is 1.43 bits per heavy atom. The van der Waals surface area contributed by atoms with E-state index in [4.69, 9.17) is 4.55 Å². The van der Waals surface area contributed by atoms with Crippen molar-refractivity contribution in [3.63, 3.8) is 0 Å². The molecular formula is C6H13NO5S2. The van der Waals surface area contributed by atoms with Gasteiger partial charge in [-0.2, -0.15) is 8.42 Å². The molecule has 0 spiro atoms. The highest BCUT2D eigenvalue weighted by Gasteiger charge is 2.27. The third-order valence-corrected chi connectivity index (χ3v) is 4.51. The molecule has 6 nitrogen and oxygen atoms in total. The second-order valence-electron chi connectivity index (χ2n) is 3.34. The van der Waals surface area contributed by atoms with Crippen LogP contribution in [0.15, 0.2) is 0 Å². The number of hydrogen-bond acceptors (Lipinski definition) is 5. The van der Waals surface area contributed by atoms with Gasteiger partial charge in [-0.25, -0.2) is 8.42 Å². The zero-order chi connectivity index (χ0) is 10.8. The summed E-state index contributed by atoms with van der Waals surface area (Å²) in [7, 11) is -6.89. The van der Waals surface area contributed by atoms with E-state index in [0.717, 1.165) is 0 Å². The van der Waals surface area contributed by atoms with Gasteiger partial charge in [0.15, 0.2) is 9.84 Å². The van der Waals surface area contributed by atoms with E-state index in [1.165, 1.54) is 0 Å². The van der Waals surface area contributed by atoms with Gasteiger partial charge in [-0.05, 0) is 6.42 Å². The highest BCUT2D eigenvalue weighted by atomic mass is 32.2. The first-order valence-corrected chi connectivity index (χ1v) is 7.60. The monoisotopic (exact) mass is 243 g/mol. The van der Waals surface area contributed by atoms with Crippen LogP contribution in [0.2, 0.25) is 0 Å². The minimum absolute atomic E-state index is 0.0540. The van der Waals surface area contributed by atoms with Crippen LogP contribution in [0, 0.1) is 0 Å². The largest absolute Gasteiger partial charge is 0.312 e. The molecule has 1 atom stereocenters. The van der Waals surface area contributed by atoms with E-state index >= 15 is 0 Å². The molecule has 1 aliphatic heterocycles. The molecule has 0 amide bonds. The van der Waals surface area contributed by atoms with Crippen molar-refractivity contribution in [3.05, 3.63) is 0 Å². The van der Waals surface area contributed by atoms with Gasteiger partial charge in [0.1, 0.15) is 0 Å². The molecule has 1 aliphatic rings. The Bertz CT molecular complexity index is 384. The number of hydrogen-bond donors (Lipinski definition) is 2. The Hall–Kier alpha value is -0.180. The maximum atomic E-state index is 11.0. The quantitative estimate of drug-likeness (QED) is 0.592. The third-order valence-electron chi connectivity index (χ3n) is 2.03. The molecule has 0 saturated carbocycles. The standard InChI is InChI=1S/C6H13NO5S2/c8-13(9)3-1-6(5-13)7-2-4-14(10,11)12/h6-7H,1-5H2,(H,10,11,12)/t6-/m0/s1. The van der Waals surface area contributed by atoms with E-state index in [-0.39, 0.29) is 29.8 Å². The van der Waals surface area contributed by atoms with Crippen LogP contribution in [-0.4, -0.2) is 51.2 Å². The topological polar surface area (TPSA) is 101 Å². The zero-order valence-corrected chi connectivity index (χ0v) is 9.14. The highest BCUT2D eigenvalue weighted by Crippen LogP contribution is 2.10. The maximum absolute atomic E-state index is 11.0. The average molecular weight is 243 g/mol. The van der Waals surface area contributed by atoms with Gasteiger partial charge in [-0.1, -0.05) is 0 Å². The van der Waals surface area contributed by atoms with Crippen molar-refractivity contribution in [3.8, 4) is 0 Å². The van der Waals surface area contributed by atoms with Crippen molar-refractivity contribution >= 4 is 20.0 Å². The van der Waals surface area contributed by atoms with Crippen molar-refractivity contribution in [2.75, 3.05) is 23.8 Å². The van der Waals surface area contributed by atoms with Crippen LogP contribution in [0.1, 0.15) is 6.42 Å². The van der Waals surface area contributed by atoms with E-state index in [1.807, 2.05) is 0 Å². The van der Waals surface area contributed by atoms with Gasteiger partial charge in [0.2, 0.25) is 0 Å². The summed E-state index contributed by atoms with van der Waals surface area (Å²) >= 11 is 0. The van der Waals surface area contributed by atoms with Gasteiger partial charge in [-0.3, -0.25) is 4.55 Å². The molecular weight excluding hydrogens is 230 g/mol. The average Bonchev–Trinajstić information content (AvgIpc) is 2.27. The number of sulfone groups is 1. The Kier molecular flexibility index (Phi) is 3.51. The Balaban J connectivity index is 2.28. The van der Waals surface area contributed by atoms with Crippen LogP contribution < -0.4 is 5.32 Å². The summed E-state index contributed by atoms with van der Waals surface area (Å²) in [6, 6.07) is -0.179. The molecule has 0 aliphatic carbocycles. The molecule has 84 valence electrons. The first-order chi connectivity index (χ1) is 6.29. The van der Waals surface area contributed by atoms with Crippen LogP contribution in [0.3, 0.4) is 0 Å². The fraction of sp³-hybridized carbons (Fsp3) is 1.00. The summed E-state index contributed by atoms with van der Waals surface area (Å²) in [6.45, 7) is 0.0824. The molecule has 1 heterocycles. The maximum Gasteiger partial charge on any atom is 0.266 e. The Morgan fingerprint density at radius 2 is 2.07 bits per heavy atom. The molecule has 0 bridgehead atoms. The highest BCUT2D eigenvalue weighted by molar-refractivity contribution is 7.91. The van der Waals surface area contributed by atoms with Crippen LogP contribution in [0.25, 0.3) is 0 Å². The zero-order valence-electron chi connectivity index (χ0n) is 7.51. The molecule has 0 radical (unpaired) electrons. The van der Waals surface area contributed by atoms with E-state index in [0.29, 0.717) is 6.42 Å². The lowest BCUT2D eigenvalue weighted by Crippen LogP contribution is -2.33. The number of nitrogens with one attached hydrogen (secondary N) is 1. The molecule has 0 unspecified atom stereocenters. The van der Waals surface area contributed by atoms with Crippen molar-refractivity contribution in [2.45, 2.75) is 12.5 Å². The smallest absolute Gasteiger partial charge is 0.266 e. The summed E-state index contributed by atoms with van der Waals surface area (Å²) < 4.78 is 51.1. The SMILES string of the molecule is O=S(=O)(O)CCN[C@H]1CCS(=O)(=O)C1. The second kappa shape index (κ2) is 4.13. The minimum atomic E-state index is -3.96. The van der Waals surface area contributed by atoms with Crippen LogP contribution >= 0.6 is 0 Å². The van der Waals surface area contributed by atoms with Gasteiger partial charge < -0.3 is 5.32 Å². The lowest BCUT2D eigenvalue weighted by Gasteiger charge is -2.08. The van der Waals surface area contributed by atoms with Crippen LogP contribution in [-0.2, 0) is 20.0 Å². The fourth-order valence-corrected chi connectivity index (χ4v) is 3.43. The van der Waals surface area contributed by atoms with Crippen molar-refractivity contribution < 1.29 is 21.4 Å². The predicted molar refractivity (Wildman–Crippen MR) is 51.5 cm³/mol. The molecule has 2 N–H and O–H groups in total. The lowest BCUT2D eigenvalue weighted by molar-refractivity contribution is 0.477. The van der Waals surface area contributed by atoms with Gasteiger partial charge >= 0.3 is 0 Å². The Labute approximate surface area is 83.4 Å². The van der Waals surface area contributed by atoms with Crippen LogP contribution in [0.5, 0.6) is 0 Å². The van der Waals surface area contributed by atoms with Crippen molar-refractivity contribution in [1.29, 1.82) is 0 Å². The molecule has 14 heavy (non-hydrogen) atoms. The van der Waals surface area contributed by atoms with Crippen LogP contribution in [0.4, 0.5) is 0 Å². The molecule has 1 rings (SSSR count). The van der Waals surface area contributed by atoms with E-state index in [9.17, 15) is 16.8 Å². The van der Waals surface area contributed by atoms with Gasteiger partial charge in [-0.15, -0.1) is 0 Å². The third kappa shape index (κ3) is 4.36. The molecule has 1 fully saturated rings. The van der Waals surface area contributed by atoms with E-state index < -0.39 is 20.0 Å². The van der Waals surface area contributed by atoms with Gasteiger partial charge in [0.05, 0.1) is 17.3 Å². The molecule has 0 aromatic heterocycles. The van der Waals surface area contributed by atoms with Gasteiger partial charge in [0.25, 0.3) is 10.1 Å². The summed E-state index contributed by atoms with van der Waals surface area (Å²) in [4.78, 5) is 0. The lowest BCUT2D eigenvalue weighted by atomic mass is 10.3. The minimum Gasteiger partial charge on any atom is -0.312 e.